The maximum Gasteiger partial charge on any atom is 0.173 e. The molecule has 0 unspecified atom stereocenters. The minimum atomic E-state index is 0.382. The number of imidazole rings is 1. The van der Waals surface area contributed by atoms with E-state index in [1.54, 1.807) is 0 Å². The van der Waals surface area contributed by atoms with E-state index in [-0.39, 0.29) is 0 Å². The number of nitrogens with zero attached hydrogens (tertiary/aromatic N) is 2. The number of hydrogen-bond acceptors (Lipinski definition) is 2. The van der Waals surface area contributed by atoms with E-state index in [4.69, 9.17) is 5.26 Å². The molecule has 1 N–H and O–H groups in total. The molecule has 1 heterocycles. The molecule has 0 aliphatic carbocycles. The Kier molecular flexibility index (Phi) is 3.30. The van der Waals surface area contributed by atoms with E-state index in [1.807, 2.05) is 18.2 Å². The van der Waals surface area contributed by atoms with Crippen molar-refractivity contribution < 1.29 is 0 Å². The Morgan fingerprint density at radius 1 is 1.29 bits per heavy atom. The van der Waals surface area contributed by atoms with Gasteiger partial charge in [0, 0.05) is 5.56 Å². The fraction of sp³-hybridized carbons (Fsp3) is 0.231. The number of H-pyrrole nitrogens is 1. The Morgan fingerprint density at radius 2 is 1.94 bits per heavy atom. The summed E-state index contributed by atoms with van der Waals surface area (Å²) in [7, 11) is 0. The number of hydrogen-bond donors (Lipinski definition) is 1. The van der Waals surface area contributed by atoms with Crippen molar-refractivity contribution in [3.63, 3.8) is 0 Å². The molecule has 0 aliphatic rings. The van der Waals surface area contributed by atoms with E-state index >= 15 is 0 Å². The van der Waals surface area contributed by atoms with Crippen LogP contribution in [0, 0.1) is 11.3 Å². The zero-order valence-electron chi connectivity index (χ0n) is 9.66. The lowest BCUT2D eigenvalue weighted by Crippen LogP contribution is -1.87. The fourth-order valence-corrected chi connectivity index (χ4v) is 1.95. The SMILES string of the molecule is CC(C)c1ccc(-c2nc(C#N)c(Br)[nH]2)cc1. The molecule has 0 fully saturated rings. The van der Waals surface area contributed by atoms with Crippen LogP contribution < -0.4 is 0 Å². The van der Waals surface area contributed by atoms with Crippen LogP contribution in [0.2, 0.25) is 0 Å². The van der Waals surface area contributed by atoms with Crippen molar-refractivity contribution in [2.24, 2.45) is 0 Å². The highest BCUT2D eigenvalue weighted by molar-refractivity contribution is 9.10. The quantitative estimate of drug-likeness (QED) is 0.913. The van der Waals surface area contributed by atoms with Gasteiger partial charge in [0.2, 0.25) is 0 Å². The number of rotatable bonds is 2. The van der Waals surface area contributed by atoms with Crippen LogP contribution in [-0.2, 0) is 0 Å². The summed E-state index contributed by atoms with van der Waals surface area (Å²) in [6.45, 7) is 4.32. The van der Waals surface area contributed by atoms with Crippen molar-refractivity contribution in [3.8, 4) is 17.5 Å². The topological polar surface area (TPSA) is 52.5 Å². The van der Waals surface area contributed by atoms with E-state index in [2.05, 4.69) is 51.9 Å². The molecule has 0 amide bonds. The van der Waals surface area contributed by atoms with Crippen molar-refractivity contribution in [1.82, 2.24) is 9.97 Å². The van der Waals surface area contributed by atoms with Gasteiger partial charge in [-0.05, 0) is 27.4 Å². The van der Waals surface area contributed by atoms with E-state index in [1.165, 1.54) is 5.56 Å². The molecule has 2 aromatic rings. The highest BCUT2D eigenvalue weighted by Crippen LogP contribution is 2.23. The summed E-state index contributed by atoms with van der Waals surface area (Å²) in [4.78, 5) is 7.25. The Bertz CT molecular complexity index is 561. The van der Waals surface area contributed by atoms with E-state index in [9.17, 15) is 0 Å². The summed E-state index contributed by atoms with van der Waals surface area (Å²) >= 11 is 3.27. The highest BCUT2D eigenvalue weighted by atomic mass is 79.9. The monoisotopic (exact) mass is 289 g/mol. The molecule has 3 nitrogen and oxygen atoms in total. The third kappa shape index (κ3) is 2.40. The second kappa shape index (κ2) is 4.72. The molecule has 1 aromatic carbocycles. The van der Waals surface area contributed by atoms with Gasteiger partial charge in [0.1, 0.15) is 16.5 Å². The van der Waals surface area contributed by atoms with Crippen LogP contribution in [0.15, 0.2) is 28.9 Å². The van der Waals surface area contributed by atoms with Gasteiger partial charge in [-0.1, -0.05) is 38.1 Å². The Labute approximate surface area is 109 Å². The largest absolute Gasteiger partial charge is 0.332 e. The van der Waals surface area contributed by atoms with Gasteiger partial charge < -0.3 is 4.98 Å². The van der Waals surface area contributed by atoms with Crippen LogP contribution in [0.25, 0.3) is 11.4 Å². The van der Waals surface area contributed by atoms with Crippen molar-refractivity contribution in [2.75, 3.05) is 0 Å². The number of benzene rings is 1. The minimum absolute atomic E-state index is 0.382. The Hall–Kier alpha value is -1.60. The van der Waals surface area contributed by atoms with Crippen LogP contribution in [0.1, 0.15) is 31.0 Å². The van der Waals surface area contributed by atoms with Gasteiger partial charge in [-0.15, -0.1) is 0 Å². The van der Waals surface area contributed by atoms with Crippen molar-refractivity contribution in [1.29, 1.82) is 5.26 Å². The second-order valence-corrected chi connectivity index (χ2v) is 4.93. The third-order valence-corrected chi connectivity index (χ3v) is 3.19. The zero-order valence-corrected chi connectivity index (χ0v) is 11.2. The molecule has 1 aromatic heterocycles. The number of nitrogens with one attached hydrogen (secondary N) is 1. The predicted molar refractivity (Wildman–Crippen MR) is 70.5 cm³/mol. The van der Waals surface area contributed by atoms with E-state index in [0.717, 1.165) is 5.56 Å². The van der Waals surface area contributed by atoms with E-state index < -0.39 is 0 Å². The average Bonchev–Trinajstić information content (AvgIpc) is 2.70. The summed E-state index contributed by atoms with van der Waals surface area (Å²) in [6, 6.07) is 10.2. The van der Waals surface area contributed by atoms with Crippen LogP contribution in [0.4, 0.5) is 0 Å². The molecule has 0 aliphatic heterocycles. The molecule has 0 saturated heterocycles. The second-order valence-electron chi connectivity index (χ2n) is 4.14. The lowest BCUT2D eigenvalue weighted by atomic mass is 10.0. The molecule has 0 spiro atoms. The van der Waals surface area contributed by atoms with Crippen molar-refractivity contribution >= 4 is 15.9 Å². The molecular formula is C13H12BrN3. The molecule has 2 rings (SSSR count). The van der Waals surface area contributed by atoms with Gasteiger partial charge >= 0.3 is 0 Å². The first-order chi connectivity index (χ1) is 8.11. The number of aromatic nitrogens is 2. The maximum absolute atomic E-state index is 8.83. The number of halogens is 1. The van der Waals surface area contributed by atoms with Crippen molar-refractivity contribution in [3.05, 3.63) is 40.1 Å². The summed E-state index contributed by atoms with van der Waals surface area (Å²) in [6.07, 6.45) is 0. The number of nitriles is 1. The van der Waals surface area contributed by atoms with Gasteiger partial charge in [-0.3, -0.25) is 0 Å². The van der Waals surface area contributed by atoms with Crippen LogP contribution in [0.3, 0.4) is 0 Å². The molecular weight excluding hydrogens is 278 g/mol. The summed E-state index contributed by atoms with van der Waals surface area (Å²) in [5.41, 5.74) is 2.66. The van der Waals surface area contributed by atoms with E-state index in [0.29, 0.717) is 22.0 Å². The summed E-state index contributed by atoms with van der Waals surface area (Å²) < 4.78 is 0.628. The Balaban J connectivity index is 2.37. The normalized spacial score (nSPS) is 10.5. The lowest BCUT2D eigenvalue weighted by molar-refractivity contribution is 0.867. The Morgan fingerprint density at radius 3 is 2.41 bits per heavy atom. The van der Waals surface area contributed by atoms with Gasteiger partial charge in [-0.2, -0.15) is 5.26 Å². The smallest absolute Gasteiger partial charge is 0.173 e. The summed E-state index contributed by atoms with van der Waals surface area (Å²) in [5, 5.41) is 8.83. The highest BCUT2D eigenvalue weighted by Gasteiger charge is 2.09. The fourth-order valence-electron chi connectivity index (χ4n) is 1.59. The van der Waals surface area contributed by atoms with Crippen LogP contribution >= 0.6 is 15.9 Å². The van der Waals surface area contributed by atoms with Crippen LogP contribution in [0.5, 0.6) is 0 Å². The third-order valence-electron chi connectivity index (χ3n) is 2.62. The molecule has 0 radical (unpaired) electrons. The summed E-state index contributed by atoms with van der Waals surface area (Å²) in [5.74, 6) is 1.23. The standard InChI is InChI=1S/C13H12BrN3/c1-8(2)9-3-5-10(6-4-9)13-16-11(7-15)12(14)17-13/h3-6,8H,1-2H3,(H,16,17). The lowest BCUT2D eigenvalue weighted by Gasteiger charge is -2.05. The molecule has 0 atom stereocenters. The number of aromatic amines is 1. The maximum atomic E-state index is 8.83. The van der Waals surface area contributed by atoms with Crippen LogP contribution in [-0.4, -0.2) is 9.97 Å². The zero-order chi connectivity index (χ0) is 12.4. The first-order valence-corrected chi connectivity index (χ1v) is 6.17. The molecule has 4 heteroatoms. The minimum Gasteiger partial charge on any atom is -0.332 e. The van der Waals surface area contributed by atoms with Gasteiger partial charge in [0.05, 0.1) is 0 Å². The average molecular weight is 290 g/mol. The first kappa shape index (κ1) is 11.9. The molecule has 17 heavy (non-hydrogen) atoms. The van der Waals surface area contributed by atoms with Gasteiger partial charge in [-0.25, -0.2) is 4.98 Å². The molecule has 0 saturated carbocycles. The predicted octanol–water partition coefficient (Wildman–Crippen LogP) is 3.83. The van der Waals surface area contributed by atoms with Crippen molar-refractivity contribution in [2.45, 2.75) is 19.8 Å². The molecule has 0 bridgehead atoms. The molecule has 86 valence electrons. The first-order valence-electron chi connectivity index (χ1n) is 5.37. The van der Waals surface area contributed by atoms with Gasteiger partial charge in [0.25, 0.3) is 0 Å². The van der Waals surface area contributed by atoms with Gasteiger partial charge in [0.15, 0.2) is 5.69 Å².